The molecule has 2 aromatic heterocycles. The van der Waals surface area contributed by atoms with Gasteiger partial charge in [0.1, 0.15) is 23.4 Å². The van der Waals surface area contributed by atoms with Crippen molar-refractivity contribution in [2.75, 3.05) is 27.4 Å². The normalized spacial score (nSPS) is 17.1. The molecule has 1 unspecified atom stereocenters. The summed E-state index contributed by atoms with van der Waals surface area (Å²) < 4.78 is 24.7. The van der Waals surface area contributed by atoms with Gasteiger partial charge in [0.05, 0.1) is 19.4 Å². The minimum absolute atomic E-state index is 0.0638. The lowest BCUT2D eigenvalue weighted by molar-refractivity contribution is 0.0822. The zero-order chi connectivity index (χ0) is 23.0. The van der Waals surface area contributed by atoms with Crippen molar-refractivity contribution in [3.63, 3.8) is 0 Å². The second-order valence-corrected chi connectivity index (χ2v) is 9.28. The van der Waals surface area contributed by atoms with Gasteiger partial charge >= 0.3 is 0 Å². The Balaban J connectivity index is 1.91. The first kappa shape index (κ1) is 22.2. The molecule has 0 saturated heterocycles. The minimum atomic E-state index is -0.362. The van der Waals surface area contributed by atoms with E-state index in [1.54, 1.807) is 23.8 Å². The molecule has 2 aromatic rings. The van der Waals surface area contributed by atoms with E-state index in [2.05, 4.69) is 26.8 Å². The van der Waals surface area contributed by atoms with Crippen LogP contribution in [0.15, 0.2) is 16.9 Å². The van der Waals surface area contributed by atoms with Crippen LogP contribution in [0.25, 0.3) is 11.4 Å². The van der Waals surface area contributed by atoms with Crippen molar-refractivity contribution >= 4 is 0 Å². The van der Waals surface area contributed by atoms with Gasteiger partial charge in [0, 0.05) is 43.2 Å². The summed E-state index contributed by atoms with van der Waals surface area (Å²) in [6, 6.07) is 5.58. The number of nitriles is 1. The Morgan fingerprint density at radius 2 is 2.00 bits per heavy atom. The first-order chi connectivity index (χ1) is 15.3. The molecule has 0 bridgehead atoms. The number of hydrogen-bond acceptors (Lipinski definition) is 7. The monoisotopic (exact) mass is 439 g/mol. The highest BCUT2D eigenvalue weighted by Crippen LogP contribution is 2.51. The van der Waals surface area contributed by atoms with Crippen molar-refractivity contribution in [3.05, 3.63) is 33.6 Å². The van der Waals surface area contributed by atoms with Crippen molar-refractivity contribution in [1.29, 1.82) is 5.26 Å². The van der Waals surface area contributed by atoms with Gasteiger partial charge in [-0.2, -0.15) is 5.26 Å². The van der Waals surface area contributed by atoms with Crippen LogP contribution in [0.2, 0.25) is 0 Å². The third-order valence-corrected chi connectivity index (χ3v) is 5.70. The molecule has 1 aliphatic carbocycles. The highest BCUT2D eigenvalue weighted by Gasteiger charge is 2.41. The number of aromatic nitrogens is 2. The number of hydrogen-bond donors (Lipinski definition) is 0. The van der Waals surface area contributed by atoms with E-state index in [1.165, 1.54) is 7.11 Å². The zero-order valence-corrected chi connectivity index (χ0v) is 19.2. The van der Waals surface area contributed by atoms with Gasteiger partial charge in [0.2, 0.25) is 0 Å². The fourth-order valence-electron chi connectivity index (χ4n) is 4.06. The Morgan fingerprint density at radius 1 is 1.25 bits per heavy atom. The summed E-state index contributed by atoms with van der Waals surface area (Å²) >= 11 is 0. The first-order valence-electron chi connectivity index (χ1n) is 10.9. The minimum Gasteiger partial charge on any atom is -0.488 e. The van der Waals surface area contributed by atoms with E-state index in [4.69, 9.17) is 23.9 Å². The molecular weight excluding hydrogens is 410 g/mol. The first-order valence-corrected chi connectivity index (χ1v) is 10.9. The topological polar surface area (TPSA) is 95.6 Å². The van der Waals surface area contributed by atoms with Crippen LogP contribution >= 0.6 is 0 Å². The maximum atomic E-state index is 13.1. The molecule has 2 aliphatic rings. The fraction of sp³-hybridized carbons (Fsp3) is 0.542. The quantitative estimate of drug-likeness (QED) is 0.601. The van der Waals surface area contributed by atoms with E-state index < -0.39 is 0 Å². The fourth-order valence-corrected chi connectivity index (χ4v) is 4.06. The molecule has 0 aromatic carbocycles. The zero-order valence-electron chi connectivity index (χ0n) is 19.2. The van der Waals surface area contributed by atoms with E-state index in [0.29, 0.717) is 42.0 Å². The number of nitrogens with zero attached hydrogens (tertiary/aromatic N) is 3. The molecule has 1 atom stereocenters. The molecule has 1 fully saturated rings. The Morgan fingerprint density at radius 3 is 2.59 bits per heavy atom. The molecular formula is C24H29N3O5. The van der Waals surface area contributed by atoms with Crippen LogP contribution in [0.5, 0.6) is 17.4 Å². The van der Waals surface area contributed by atoms with Gasteiger partial charge in [-0.1, -0.05) is 20.8 Å². The number of ether oxygens (including phenoxy) is 4. The summed E-state index contributed by atoms with van der Waals surface area (Å²) in [5, 5.41) is 9.60. The lowest BCUT2D eigenvalue weighted by atomic mass is 9.81. The maximum absolute atomic E-state index is 13.1. The Labute approximate surface area is 187 Å². The van der Waals surface area contributed by atoms with Crippen molar-refractivity contribution in [3.8, 4) is 34.8 Å². The lowest BCUT2D eigenvalue weighted by Crippen LogP contribution is -2.33. The molecule has 8 heteroatoms. The molecule has 0 spiro atoms. The van der Waals surface area contributed by atoms with Crippen molar-refractivity contribution < 1.29 is 18.9 Å². The summed E-state index contributed by atoms with van der Waals surface area (Å²) in [5.41, 5.74) is 1.61. The van der Waals surface area contributed by atoms with Crippen LogP contribution < -0.4 is 19.8 Å². The second-order valence-electron chi connectivity index (χ2n) is 9.28. The smallest absolute Gasteiger partial charge is 0.269 e. The van der Waals surface area contributed by atoms with Gasteiger partial charge in [0.15, 0.2) is 11.5 Å². The molecule has 0 amide bonds. The largest absolute Gasteiger partial charge is 0.488 e. The van der Waals surface area contributed by atoms with Crippen LogP contribution in [0.1, 0.15) is 63.3 Å². The van der Waals surface area contributed by atoms with Crippen molar-refractivity contribution in [2.45, 2.75) is 52.2 Å². The van der Waals surface area contributed by atoms with Crippen LogP contribution in [-0.2, 0) is 4.74 Å². The van der Waals surface area contributed by atoms with Crippen LogP contribution in [0, 0.1) is 16.7 Å². The average Bonchev–Trinajstić information content (AvgIpc) is 3.59. The van der Waals surface area contributed by atoms with Crippen LogP contribution in [-0.4, -0.2) is 37.0 Å². The number of pyridine rings is 2. The van der Waals surface area contributed by atoms with E-state index in [0.717, 1.165) is 24.8 Å². The van der Waals surface area contributed by atoms with Gasteiger partial charge in [-0.25, -0.2) is 4.98 Å². The van der Waals surface area contributed by atoms with E-state index >= 15 is 0 Å². The van der Waals surface area contributed by atoms with Gasteiger partial charge in [-0.05, 0) is 18.9 Å². The highest BCUT2D eigenvalue weighted by atomic mass is 16.5. The van der Waals surface area contributed by atoms with Gasteiger partial charge < -0.3 is 23.5 Å². The molecule has 4 rings (SSSR count). The van der Waals surface area contributed by atoms with Crippen LogP contribution in [0.3, 0.4) is 0 Å². The number of fused-ring (bicyclic) bond motifs is 3. The molecule has 0 radical (unpaired) electrons. The van der Waals surface area contributed by atoms with E-state index in [-0.39, 0.29) is 28.7 Å². The van der Waals surface area contributed by atoms with Crippen molar-refractivity contribution in [2.24, 2.45) is 5.41 Å². The molecule has 170 valence electrons. The predicted octanol–water partition coefficient (Wildman–Crippen LogP) is 4.02. The van der Waals surface area contributed by atoms with E-state index in [1.807, 2.05) is 0 Å². The molecule has 1 aliphatic heterocycles. The highest BCUT2D eigenvalue weighted by molar-refractivity contribution is 5.72. The Bertz CT molecular complexity index is 1120. The third-order valence-electron chi connectivity index (χ3n) is 5.70. The molecule has 32 heavy (non-hydrogen) atoms. The summed E-state index contributed by atoms with van der Waals surface area (Å²) in [7, 11) is 3.18. The Hall–Kier alpha value is -3.05. The average molecular weight is 440 g/mol. The summed E-state index contributed by atoms with van der Waals surface area (Å²) in [6.45, 7) is 7.26. The van der Waals surface area contributed by atoms with Gasteiger partial charge in [-0.15, -0.1) is 0 Å². The van der Waals surface area contributed by atoms with E-state index in [9.17, 15) is 10.1 Å². The summed E-state index contributed by atoms with van der Waals surface area (Å²) in [5.74, 6) is 1.34. The maximum Gasteiger partial charge on any atom is 0.269 e. The molecule has 1 saturated carbocycles. The van der Waals surface area contributed by atoms with Gasteiger partial charge in [0.25, 0.3) is 11.4 Å². The lowest BCUT2D eigenvalue weighted by Gasteiger charge is -2.37. The third kappa shape index (κ3) is 3.93. The predicted molar refractivity (Wildman–Crippen MR) is 118 cm³/mol. The molecule has 8 nitrogen and oxygen atoms in total. The number of methoxy groups -OCH3 is 2. The Kier molecular flexibility index (Phi) is 5.87. The molecule has 0 N–H and O–H groups in total. The standard InChI is InChI=1S/C24H29N3O5/c1-24(2,3)21-16-11-14(13-25)23(28)27(15-7-8-15)20(16)19-17(32-21)12-18(22(26-19)30-5)31-10-6-9-29-4/h11-12,15,21H,6-10H2,1-5H3. The SMILES string of the molecule is COCCCOc1cc2c(nc1OC)-c1c(cc(C#N)c(=O)n1C1CC1)C(C(C)(C)C)O2. The summed E-state index contributed by atoms with van der Waals surface area (Å²) in [4.78, 5) is 17.9. The molecule has 3 heterocycles. The second kappa shape index (κ2) is 8.47. The summed E-state index contributed by atoms with van der Waals surface area (Å²) in [6.07, 6.45) is 2.16. The van der Waals surface area contributed by atoms with Gasteiger partial charge in [-0.3, -0.25) is 4.79 Å². The van der Waals surface area contributed by atoms with Crippen molar-refractivity contribution in [1.82, 2.24) is 9.55 Å². The number of rotatable bonds is 7. The van der Waals surface area contributed by atoms with Crippen LogP contribution in [0.4, 0.5) is 0 Å².